The number of allylic oxidation sites excluding steroid dienone is 3. The molecule has 3 aliphatic rings. The van der Waals surface area contributed by atoms with Gasteiger partial charge in [-0.2, -0.15) is 0 Å². The number of hydrogen-bond donors (Lipinski definition) is 1. The number of nitrogens with one attached hydrogen (secondary N) is 1. The van der Waals surface area contributed by atoms with Crippen molar-refractivity contribution in [2.24, 2.45) is 4.99 Å². The Bertz CT molecular complexity index is 694. The number of aliphatic imine (C=N–C) groups is 1. The molecule has 22 heavy (non-hydrogen) atoms. The molecule has 1 aliphatic carbocycles. The molecule has 0 saturated carbocycles. The fraction of sp³-hybridized carbons (Fsp3) is 0.278. The smallest absolute Gasteiger partial charge is 0.137 e. The minimum atomic E-state index is 0.990. The highest BCUT2D eigenvalue weighted by molar-refractivity contribution is 8.03. The van der Waals surface area contributed by atoms with E-state index in [9.17, 15) is 0 Å². The van der Waals surface area contributed by atoms with Gasteiger partial charge in [-0.1, -0.05) is 48.2 Å². The molecule has 112 valence electrons. The molecule has 0 radical (unpaired) electrons. The average Bonchev–Trinajstić information content (AvgIpc) is 2.88. The van der Waals surface area contributed by atoms with Crippen molar-refractivity contribution in [2.75, 3.05) is 26.2 Å². The number of nitrogens with zero attached hydrogens (tertiary/aromatic N) is 2. The summed E-state index contributed by atoms with van der Waals surface area (Å²) in [7, 11) is 0. The highest BCUT2D eigenvalue weighted by atomic mass is 32.2. The number of rotatable bonds is 0. The molecule has 1 saturated heterocycles. The van der Waals surface area contributed by atoms with Crippen LogP contribution < -0.4 is 5.32 Å². The standard InChI is InChI=1S/C18H19N3S/c1-2-6-14-16(8-3-1)22-17-9-5-4-7-15(17)20-18(14)21-12-10-19-11-13-21/h2-9,19H,1,10-13H2. The Morgan fingerprint density at radius 1 is 1.05 bits per heavy atom. The molecule has 1 fully saturated rings. The topological polar surface area (TPSA) is 27.6 Å². The summed E-state index contributed by atoms with van der Waals surface area (Å²) in [4.78, 5) is 9.99. The van der Waals surface area contributed by atoms with Crippen molar-refractivity contribution in [3.8, 4) is 0 Å². The van der Waals surface area contributed by atoms with E-state index in [-0.39, 0.29) is 0 Å². The maximum Gasteiger partial charge on any atom is 0.137 e. The first-order chi connectivity index (χ1) is 10.9. The van der Waals surface area contributed by atoms with E-state index in [1.165, 1.54) is 15.4 Å². The van der Waals surface area contributed by atoms with Crippen LogP contribution in [-0.2, 0) is 0 Å². The van der Waals surface area contributed by atoms with Crippen LogP contribution in [0.4, 0.5) is 5.69 Å². The average molecular weight is 309 g/mol. The van der Waals surface area contributed by atoms with Crippen LogP contribution in [0.15, 0.2) is 68.9 Å². The third kappa shape index (κ3) is 2.64. The summed E-state index contributed by atoms with van der Waals surface area (Å²) in [5.41, 5.74) is 2.34. The van der Waals surface area contributed by atoms with Gasteiger partial charge in [-0.25, -0.2) is 4.99 Å². The third-order valence-corrected chi connectivity index (χ3v) is 5.20. The first-order valence-corrected chi connectivity index (χ1v) is 8.62. The lowest BCUT2D eigenvalue weighted by molar-refractivity contribution is 0.358. The Morgan fingerprint density at radius 3 is 2.77 bits per heavy atom. The van der Waals surface area contributed by atoms with Gasteiger partial charge in [0.2, 0.25) is 0 Å². The van der Waals surface area contributed by atoms with Gasteiger partial charge in [0, 0.05) is 41.6 Å². The maximum atomic E-state index is 5.04. The van der Waals surface area contributed by atoms with Crippen LogP contribution in [0.25, 0.3) is 0 Å². The fourth-order valence-electron chi connectivity index (χ4n) is 2.93. The van der Waals surface area contributed by atoms with E-state index in [0.717, 1.165) is 44.1 Å². The monoisotopic (exact) mass is 309 g/mol. The summed E-state index contributed by atoms with van der Waals surface area (Å²) >= 11 is 1.83. The summed E-state index contributed by atoms with van der Waals surface area (Å²) < 4.78 is 0. The van der Waals surface area contributed by atoms with Gasteiger partial charge in [0.15, 0.2) is 0 Å². The number of thioether (sulfide) groups is 1. The van der Waals surface area contributed by atoms with Gasteiger partial charge in [0.1, 0.15) is 5.84 Å². The lowest BCUT2D eigenvalue weighted by atomic mass is 10.1. The summed E-state index contributed by atoms with van der Waals surface area (Å²) in [6.45, 7) is 4.08. The predicted octanol–water partition coefficient (Wildman–Crippen LogP) is 3.50. The molecule has 1 N–H and O–H groups in total. The molecule has 2 heterocycles. The Kier molecular flexibility index (Phi) is 3.87. The van der Waals surface area contributed by atoms with Gasteiger partial charge in [-0.05, 0) is 18.6 Å². The molecule has 4 heteroatoms. The van der Waals surface area contributed by atoms with Crippen molar-refractivity contribution in [3.05, 3.63) is 59.0 Å². The van der Waals surface area contributed by atoms with Gasteiger partial charge in [-0.15, -0.1) is 0 Å². The van der Waals surface area contributed by atoms with Crippen molar-refractivity contribution in [3.63, 3.8) is 0 Å². The van der Waals surface area contributed by atoms with Gasteiger partial charge in [0.05, 0.1) is 5.69 Å². The van der Waals surface area contributed by atoms with Crippen LogP contribution in [-0.4, -0.2) is 36.9 Å². The molecule has 0 bridgehead atoms. The number of piperazine rings is 1. The van der Waals surface area contributed by atoms with E-state index in [1.807, 2.05) is 11.8 Å². The lowest BCUT2D eigenvalue weighted by Gasteiger charge is -2.31. The van der Waals surface area contributed by atoms with Crippen molar-refractivity contribution in [2.45, 2.75) is 11.3 Å². The second-order valence-corrected chi connectivity index (χ2v) is 6.64. The number of fused-ring (bicyclic) bond motifs is 1. The van der Waals surface area contributed by atoms with Crippen molar-refractivity contribution in [1.82, 2.24) is 10.2 Å². The summed E-state index contributed by atoms with van der Waals surface area (Å²) in [6.07, 6.45) is 9.95. The van der Waals surface area contributed by atoms with E-state index in [0.29, 0.717) is 0 Å². The summed E-state index contributed by atoms with van der Waals surface area (Å²) in [6, 6.07) is 8.44. The molecule has 2 aliphatic heterocycles. The molecule has 0 unspecified atom stereocenters. The predicted molar refractivity (Wildman–Crippen MR) is 93.8 cm³/mol. The largest absolute Gasteiger partial charge is 0.354 e. The maximum absolute atomic E-state index is 5.04. The molecule has 1 aromatic rings. The Labute approximate surface area is 135 Å². The van der Waals surface area contributed by atoms with E-state index in [2.05, 4.69) is 58.8 Å². The van der Waals surface area contributed by atoms with Gasteiger partial charge >= 0.3 is 0 Å². The molecule has 1 aromatic carbocycles. The lowest BCUT2D eigenvalue weighted by Crippen LogP contribution is -2.46. The Balaban J connectivity index is 1.85. The number of hydrogen-bond acceptors (Lipinski definition) is 4. The van der Waals surface area contributed by atoms with Crippen LogP contribution in [0.1, 0.15) is 6.42 Å². The first-order valence-electron chi connectivity index (χ1n) is 7.81. The molecule has 4 rings (SSSR count). The Morgan fingerprint density at radius 2 is 1.86 bits per heavy atom. The number of benzene rings is 1. The molecular formula is C18H19N3S. The summed E-state index contributed by atoms with van der Waals surface area (Å²) in [5, 5.41) is 3.42. The highest BCUT2D eigenvalue weighted by Crippen LogP contribution is 2.41. The Hall–Kier alpha value is -1.78. The van der Waals surface area contributed by atoms with Crippen molar-refractivity contribution in [1.29, 1.82) is 0 Å². The molecule has 3 nitrogen and oxygen atoms in total. The van der Waals surface area contributed by atoms with E-state index >= 15 is 0 Å². The highest BCUT2D eigenvalue weighted by Gasteiger charge is 2.23. The van der Waals surface area contributed by atoms with Gasteiger partial charge in [-0.3, -0.25) is 0 Å². The molecule has 0 aromatic heterocycles. The van der Waals surface area contributed by atoms with Crippen LogP contribution >= 0.6 is 11.8 Å². The van der Waals surface area contributed by atoms with E-state index < -0.39 is 0 Å². The zero-order valence-corrected chi connectivity index (χ0v) is 13.3. The van der Waals surface area contributed by atoms with Crippen LogP contribution in [0.2, 0.25) is 0 Å². The number of para-hydroxylation sites is 1. The second kappa shape index (κ2) is 6.15. The third-order valence-electron chi connectivity index (χ3n) is 4.06. The quantitative estimate of drug-likeness (QED) is 0.795. The fourth-order valence-corrected chi connectivity index (χ4v) is 3.97. The number of amidine groups is 1. The normalized spacial score (nSPS) is 20.9. The minimum Gasteiger partial charge on any atom is -0.354 e. The molecule has 0 spiro atoms. The van der Waals surface area contributed by atoms with Crippen LogP contribution in [0.5, 0.6) is 0 Å². The second-order valence-electron chi connectivity index (χ2n) is 5.56. The zero-order chi connectivity index (χ0) is 14.8. The minimum absolute atomic E-state index is 0.990. The molecule has 0 amide bonds. The summed E-state index contributed by atoms with van der Waals surface area (Å²) in [5.74, 6) is 1.12. The van der Waals surface area contributed by atoms with Crippen LogP contribution in [0.3, 0.4) is 0 Å². The van der Waals surface area contributed by atoms with Crippen molar-refractivity contribution < 1.29 is 0 Å². The molecule has 0 atom stereocenters. The van der Waals surface area contributed by atoms with E-state index in [1.54, 1.807) is 0 Å². The van der Waals surface area contributed by atoms with Gasteiger partial charge in [0.25, 0.3) is 0 Å². The van der Waals surface area contributed by atoms with E-state index in [4.69, 9.17) is 4.99 Å². The zero-order valence-electron chi connectivity index (χ0n) is 12.5. The first kappa shape index (κ1) is 13.9. The van der Waals surface area contributed by atoms with Gasteiger partial charge < -0.3 is 10.2 Å². The SMILES string of the molecule is C1=CC2=C(C=CC1)C(N1CCNCC1)=Nc1ccccc1S2. The van der Waals surface area contributed by atoms with Crippen molar-refractivity contribution >= 4 is 23.3 Å². The molecular weight excluding hydrogens is 290 g/mol. The van der Waals surface area contributed by atoms with Crippen LogP contribution in [0, 0.1) is 0 Å².